The number of carbonyl (C=O) groups is 2. The highest BCUT2D eigenvalue weighted by Gasteiger charge is 2.23. The molecule has 0 saturated heterocycles. The predicted octanol–water partition coefficient (Wildman–Crippen LogP) is 3.37. The summed E-state index contributed by atoms with van der Waals surface area (Å²) in [7, 11) is 1.41. The third-order valence-electron chi connectivity index (χ3n) is 3.72. The van der Waals surface area contributed by atoms with E-state index in [9.17, 15) is 14.0 Å². The minimum atomic E-state index is -0.521. The fourth-order valence-corrected chi connectivity index (χ4v) is 2.27. The molecule has 1 saturated carbocycles. The Labute approximate surface area is 144 Å². The van der Waals surface area contributed by atoms with E-state index in [4.69, 9.17) is 4.74 Å². The van der Waals surface area contributed by atoms with Crippen molar-refractivity contribution in [2.75, 3.05) is 17.7 Å². The van der Waals surface area contributed by atoms with Crippen molar-refractivity contribution < 1.29 is 18.7 Å². The van der Waals surface area contributed by atoms with E-state index in [0.717, 1.165) is 18.9 Å². The number of rotatable bonds is 5. The van der Waals surface area contributed by atoms with Gasteiger partial charge in [0, 0.05) is 17.4 Å². The molecule has 0 unspecified atom stereocenters. The Hall–Kier alpha value is -3.09. The maximum atomic E-state index is 13.4. The van der Waals surface area contributed by atoms with Gasteiger partial charge in [0.15, 0.2) is 0 Å². The van der Waals surface area contributed by atoms with E-state index in [1.165, 1.54) is 19.2 Å². The topological polar surface area (TPSA) is 79.5 Å². The van der Waals surface area contributed by atoms with Gasteiger partial charge in [-0.05, 0) is 55.3 Å². The molecular formula is C18H18FN3O3. The molecule has 0 bridgehead atoms. The largest absolute Gasteiger partial charge is 0.496 e. The molecule has 0 spiro atoms. The zero-order valence-corrected chi connectivity index (χ0v) is 13.6. The van der Waals surface area contributed by atoms with Gasteiger partial charge in [-0.3, -0.25) is 4.79 Å². The molecule has 0 atom stereocenters. The van der Waals surface area contributed by atoms with Crippen LogP contribution in [0.2, 0.25) is 0 Å². The number of hydrogen-bond acceptors (Lipinski definition) is 3. The molecule has 130 valence electrons. The lowest BCUT2D eigenvalue weighted by atomic mass is 10.1. The van der Waals surface area contributed by atoms with Gasteiger partial charge in [0.25, 0.3) is 5.91 Å². The molecule has 1 fully saturated rings. The number of halogens is 1. The van der Waals surface area contributed by atoms with Gasteiger partial charge in [-0.1, -0.05) is 0 Å². The SMILES string of the molecule is COc1ccc(F)cc1C(=O)Nc1ccc(NC(=O)NC2CC2)cc1. The molecule has 3 amide bonds. The number of hydrogen-bond donors (Lipinski definition) is 3. The van der Waals surface area contributed by atoms with Crippen LogP contribution >= 0.6 is 0 Å². The second-order valence-electron chi connectivity index (χ2n) is 5.75. The molecule has 0 heterocycles. The van der Waals surface area contributed by atoms with E-state index in [1.54, 1.807) is 24.3 Å². The van der Waals surface area contributed by atoms with E-state index in [0.29, 0.717) is 11.4 Å². The van der Waals surface area contributed by atoms with E-state index in [-0.39, 0.29) is 23.4 Å². The van der Waals surface area contributed by atoms with Gasteiger partial charge in [0.2, 0.25) is 0 Å². The van der Waals surface area contributed by atoms with Gasteiger partial charge in [0.05, 0.1) is 12.7 Å². The second-order valence-corrected chi connectivity index (χ2v) is 5.75. The Morgan fingerprint density at radius 3 is 2.28 bits per heavy atom. The smallest absolute Gasteiger partial charge is 0.319 e. The van der Waals surface area contributed by atoms with Crippen LogP contribution in [0.4, 0.5) is 20.6 Å². The zero-order valence-electron chi connectivity index (χ0n) is 13.6. The van der Waals surface area contributed by atoms with Crippen molar-refractivity contribution in [1.29, 1.82) is 0 Å². The van der Waals surface area contributed by atoms with Crippen LogP contribution in [0.5, 0.6) is 5.75 Å². The number of benzene rings is 2. The van der Waals surface area contributed by atoms with Gasteiger partial charge in [-0.25, -0.2) is 9.18 Å². The quantitative estimate of drug-likeness (QED) is 0.779. The van der Waals surface area contributed by atoms with E-state index < -0.39 is 11.7 Å². The molecule has 0 aliphatic heterocycles. The molecule has 6 nitrogen and oxygen atoms in total. The highest BCUT2D eigenvalue weighted by atomic mass is 19.1. The van der Waals surface area contributed by atoms with Gasteiger partial charge >= 0.3 is 6.03 Å². The monoisotopic (exact) mass is 343 g/mol. The summed E-state index contributed by atoms with van der Waals surface area (Å²) >= 11 is 0. The summed E-state index contributed by atoms with van der Waals surface area (Å²) in [4.78, 5) is 24.0. The number of carbonyl (C=O) groups excluding carboxylic acids is 2. The van der Waals surface area contributed by atoms with Crippen LogP contribution in [-0.4, -0.2) is 25.1 Å². The third-order valence-corrected chi connectivity index (χ3v) is 3.72. The lowest BCUT2D eigenvalue weighted by Crippen LogP contribution is -2.30. The van der Waals surface area contributed by atoms with Crippen LogP contribution in [-0.2, 0) is 0 Å². The third kappa shape index (κ3) is 4.47. The fourth-order valence-electron chi connectivity index (χ4n) is 2.27. The first-order chi connectivity index (χ1) is 12.0. The number of methoxy groups -OCH3 is 1. The molecular weight excluding hydrogens is 325 g/mol. The predicted molar refractivity (Wildman–Crippen MR) is 92.5 cm³/mol. The molecule has 1 aliphatic rings. The lowest BCUT2D eigenvalue weighted by Gasteiger charge is -2.10. The van der Waals surface area contributed by atoms with Crippen LogP contribution in [0.15, 0.2) is 42.5 Å². The minimum Gasteiger partial charge on any atom is -0.496 e. The average Bonchev–Trinajstić information content (AvgIpc) is 3.40. The molecule has 0 radical (unpaired) electrons. The van der Waals surface area contributed by atoms with Crippen LogP contribution < -0.4 is 20.7 Å². The number of amides is 3. The van der Waals surface area contributed by atoms with Gasteiger partial charge in [-0.2, -0.15) is 0 Å². The second kappa shape index (κ2) is 7.21. The molecule has 0 aromatic heterocycles. The van der Waals surface area contributed by atoms with Gasteiger partial charge < -0.3 is 20.7 Å². The highest BCUT2D eigenvalue weighted by molar-refractivity contribution is 6.06. The van der Waals surface area contributed by atoms with Crippen LogP contribution in [0.25, 0.3) is 0 Å². The van der Waals surface area contributed by atoms with Crippen molar-refractivity contribution in [3.05, 3.63) is 53.8 Å². The summed E-state index contributed by atoms with van der Waals surface area (Å²) in [6.07, 6.45) is 2.03. The number of anilines is 2. The molecule has 25 heavy (non-hydrogen) atoms. The van der Waals surface area contributed by atoms with Crippen molar-refractivity contribution in [2.45, 2.75) is 18.9 Å². The van der Waals surface area contributed by atoms with Crippen molar-refractivity contribution in [1.82, 2.24) is 5.32 Å². The maximum absolute atomic E-state index is 13.4. The van der Waals surface area contributed by atoms with E-state index in [1.807, 2.05) is 0 Å². The van der Waals surface area contributed by atoms with Crippen LogP contribution in [0, 0.1) is 5.82 Å². The summed E-state index contributed by atoms with van der Waals surface area (Å²) < 4.78 is 18.4. The molecule has 7 heteroatoms. The highest BCUT2D eigenvalue weighted by Crippen LogP contribution is 2.22. The standard InChI is InChI=1S/C18H18FN3O3/c1-25-16-9-2-11(19)10-15(16)17(23)20-12-3-5-13(6-4-12)21-18(24)22-14-7-8-14/h2-6,9-10,14H,7-8H2,1H3,(H,20,23)(H2,21,22,24). The Balaban J connectivity index is 1.63. The Morgan fingerprint density at radius 2 is 1.68 bits per heavy atom. The Kier molecular flexibility index (Phi) is 4.83. The van der Waals surface area contributed by atoms with E-state index >= 15 is 0 Å². The molecule has 3 N–H and O–H groups in total. The zero-order chi connectivity index (χ0) is 17.8. The number of ether oxygens (including phenoxy) is 1. The van der Waals surface area contributed by atoms with Crippen LogP contribution in [0.3, 0.4) is 0 Å². The summed E-state index contributed by atoms with van der Waals surface area (Å²) in [5.74, 6) is -0.718. The Bertz CT molecular complexity index is 789. The van der Waals surface area contributed by atoms with Crippen LogP contribution in [0.1, 0.15) is 23.2 Å². The molecule has 1 aliphatic carbocycles. The van der Waals surface area contributed by atoms with Crippen molar-refractivity contribution in [3.8, 4) is 5.75 Å². The number of urea groups is 1. The summed E-state index contributed by atoms with van der Waals surface area (Å²) in [6, 6.07) is 10.4. The molecule has 2 aromatic carbocycles. The normalized spacial score (nSPS) is 13.0. The van der Waals surface area contributed by atoms with Crippen molar-refractivity contribution >= 4 is 23.3 Å². The Morgan fingerprint density at radius 1 is 1.04 bits per heavy atom. The van der Waals surface area contributed by atoms with E-state index in [2.05, 4.69) is 16.0 Å². The summed E-state index contributed by atoms with van der Waals surface area (Å²) in [5.41, 5.74) is 1.23. The fraction of sp³-hybridized carbons (Fsp3) is 0.222. The molecule has 3 rings (SSSR count). The molecule has 2 aromatic rings. The minimum absolute atomic E-state index is 0.105. The number of nitrogens with one attached hydrogen (secondary N) is 3. The van der Waals surface area contributed by atoms with Gasteiger partial charge in [0.1, 0.15) is 11.6 Å². The first-order valence-electron chi connectivity index (χ1n) is 7.87. The summed E-state index contributed by atoms with van der Waals surface area (Å²) in [5, 5.41) is 8.21. The van der Waals surface area contributed by atoms with Crippen molar-refractivity contribution in [3.63, 3.8) is 0 Å². The first kappa shape index (κ1) is 16.8. The average molecular weight is 343 g/mol. The van der Waals surface area contributed by atoms with Crippen molar-refractivity contribution in [2.24, 2.45) is 0 Å². The maximum Gasteiger partial charge on any atom is 0.319 e. The van der Waals surface area contributed by atoms with Gasteiger partial charge in [-0.15, -0.1) is 0 Å². The lowest BCUT2D eigenvalue weighted by molar-refractivity contribution is 0.102. The first-order valence-corrected chi connectivity index (χ1v) is 7.87. The summed E-state index contributed by atoms with van der Waals surface area (Å²) in [6.45, 7) is 0.